The Labute approximate surface area is 170 Å². The summed E-state index contributed by atoms with van der Waals surface area (Å²) in [6.45, 7) is 1.92. The topological polar surface area (TPSA) is 111 Å². The first kappa shape index (κ1) is 20.2. The number of anilines is 1. The van der Waals surface area contributed by atoms with E-state index in [0.717, 1.165) is 11.3 Å². The summed E-state index contributed by atoms with van der Waals surface area (Å²) in [7, 11) is 0. The van der Waals surface area contributed by atoms with Crippen molar-refractivity contribution in [2.24, 2.45) is 0 Å². The van der Waals surface area contributed by atoms with Crippen molar-refractivity contribution in [3.63, 3.8) is 0 Å². The quantitative estimate of drug-likeness (QED) is 0.356. The molecule has 0 atom stereocenters. The van der Waals surface area contributed by atoms with Gasteiger partial charge in [0, 0.05) is 17.2 Å². The summed E-state index contributed by atoms with van der Waals surface area (Å²) in [6.07, 6.45) is -0.188. The second-order valence-electron chi connectivity index (χ2n) is 5.89. The third-order valence-corrected chi connectivity index (χ3v) is 4.87. The van der Waals surface area contributed by atoms with Crippen LogP contribution in [-0.2, 0) is 16.0 Å². The first-order valence-electron chi connectivity index (χ1n) is 8.75. The highest BCUT2D eigenvalue weighted by Crippen LogP contribution is 2.32. The maximum atomic E-state index is 12.4. The number of rotatable bonds is 7. The molecule has 148 valence electrons. The lowest BCUT2D eigenvalue weighted by Crippen LogP contribution is -2.15. The molecule has 0 unspecified atom stereocenters. The van der Waals surface area contributed by atoms with Crippen molar-refractivity contribution in [2.45, 2.75) is 13.3 Å². The predicted octanol–water partition coefficient (Wildman–Crippen LogP) is 4.08. The van der Waals surface area contributed by atoms with Gasteiger partial charge in [-0.15, -0.1) is 0 Å². The molecule has 0 spiro atoms. The molecule has 1 amide bonds. The Hall–Kier alpha value is -3.59. The first-order valence-corrected chi connectivity index (χ1v) is 9.56. The second kappa shape index (κ2) is 9.07. The highest BCUT2D eigenvalue weighted by atomic mass is 32.1. The van der Waals surface area contributed by atoms with Gasteiger partial charge >= 0.3 is 5.97 Å². The summed E-state index contributed by atoms with van der Waals surface area (Å²) in [5.74, 6) is -0.994. The molecule has 8 nitrogen and oxygen atoms in total. The fourth-order valence-electron chi connectivity index (χ4n) is 2.68. The number of hydrogen-bond donors (Lipinski definition) is 1. The number of carbonyl (C=O) groups excluding carboxylic acids is 2. The van der Waals surface area contributed by atoms with E-state index in [9.17, 15) is 19.7 Å². The Kier molecular flexibility index (Phi) is 6.30. The molecule has 29 heavy (non-hydrogen) atoms. The number of ether oxygens (including phenoxy) is 1. The Morgan fingerprint density at radius 3 is 2.52 bits per heavy atom. The van der Waals surface area contributed by atoms with Crippen LogP contribution in [-0.4, -0.2) is 28.4 Å². The van der Waals surface area contributed by atoms with Crippen LogP contribution in [0.15, 0.2) is 54.6 Å². The van der Waals surface area contributed by atoms with Gasteiger partial charge in [-0.3, -0.25) is 14.9 Å². The van der Waals surface area contributed by atoms with Crippen LogP contribution < -0.4 is 5.32 Å². The molecule has 0 saturated carbocycles. The van der Waals surface area contributed by atoms with Gasteiger partial charge in [0.05, 0.1) is 23.6 Å². The molecule has 1 aromatic heterocycles. The summed E-state index contributed by atoms with van der Waals surface area (Å²) >= 11 is 1.00. The lowest BCUT2D eigenvalue weighted by atomic mass is 10.1. The number of esters is 1. The molecule has 0 fully saturated rings. The normalized spacial score (nSPS) is 10.4. The third kappa shape index (κ3) is 4.82. The lowest BCUT2D eigenvalue weighted by molar-refractivity contribution is -0.385. The van der Waals surface area contributed by atoms with Crippen molar-refractivity contribution in [2.75, 3.05) is 11.9 Å². The highest BCUT2D eigenvalue weighted by Gasteiger charge is 2.22. The molecule has 1 heterocycles. The number of amides is 1. The van der Waals surface area contributed by atoms with Crippen LogP contribution in [0.2, 0.25) is 0 Å². The molecule has 3 aromatic rings. The Balaban J connectivity index is 1.85. The van der Waals surface area contributed by atoms with Crippen LogP contribution in [0.25, 0.3) is 11.3 Å². The molecular formula is C20H17N3O5S. The summed E-state index contributed by atoms with van der Waals surface area (Å²) in [5, 5.41) is 14.0. The van der Waals surface area contributed by atoms with Gasteiger partial charge in [0.15, 0.2) is 5.13 Å². The van der Waals surface area contributed by atoms with Gasteiger partial charge < -0.3 is 10.1 Å². The van der Waals surface area contributed by atoms with E-state index in [2.05, 4.69) is 10.3 Å². The van der Waals surface area contributed by atoms with E-state index in [0.29, 0.717) is 16.8 Å². The maximum absolute atomic E-state index is 12.4. The molecule has 1 N–H and O–H groups in total. The van der Waals surface area contributed by atoms with E-state index in [1.54, 1.807) is 25.1 Å². The molecule has 0 saturated heterocycles. The molecule has 2 aromatic carbocycles. The number of nitro benzene ring substituents is 1. The van der Waals surface area contributed by atoms with E-state index in [4.69, 9.17) is 4.74 Å². The zero-order valence-electron chi connectivity index (χ0n) is 15.5. The van der Waals surface area contributed by atoms with E-state index < -0.39 is 16.8 Å². The smallest absolute Gasteiger partial charge is 0.350 e. The van der Waals surface area contributed by atoms with Gasteiger partial charge in [-0.1, -0.05) is 59.9 Å². The predicted molar refractivity (Wildman–Crippen MR) is 109 cm³/mol. The van der Waals surface area contributed by atoms with Gasteiger partial charge in [0.2, 0.25) is 5.91 Å². The Morgan fingerprint density at radius 1 is 1.14 bits per heavy atom. The fourth-order valence-corrected chi connectivity index (χ4v) is 3.57. The number of nitro groups is 1. The van der Waals surface area contributed by atoms with Crippen molar-refractivity contribution in [1.82, 2.24) is 4.98 Å². The van der Waals surface area contributed by atoms with E-state index >= 15 is 0 Å². The van der Waals surface area contributed by atoms with Crippen molar-refractivity contribution in [1.29, 1.82) is 0 Å². The van der Waals surface area contributed by atoms with Crippen molar-refractivity contribution < 1.29 is 19.2 Å². The number of aromatic nitrogens is 1. The van der Waals surface area contributed by atoms with Gasteiger partial charge in [0.1, 0.15) is 4.88 Å². The summed E-state index contributed by atoms with van der Waals surface area (Å²) < 4.78 is 5.09. The highest BCUT2D eigenvalue weighted by molar-refractivity contribution is 7.18. The van der Waals surface area contributed by atoms with E-state index in [1.165, 1.54) is 18.2 Å². The minimum atomic E-state index is -0.529. The standard InChI is InChI=1S/C20H17N3O5S/c1-2-28-19(25)18-17(13-8-4-3-5-9-13)22-20(29-18)21-16(24)12-14-10-6-7-11-15(14)23(26)27/h3-11H,2,12H2,1H3,(H,21,22,24). The molecule has 3 rings (SSSR count). The maximum Gasteiger partial charge on any atom is 0.350 e. The number of carbonyl (C=O) groups is 2. The summed E-state index contributed by atoms with van der Waals surface area (Å²) in [4.78, 5) is 40.0. The molecule has 0 aliphatic rings. The minimum absolute atomic E-state index is 0.126. The Morgan fingerprint density at radius 2 is 1.83 bits per heavy atom. The molecule has 0 aliphatic carbocycles. The number of nitrogens with one attached hydrogen (secondary N) is 1. The van der Waals surface area contributed by atoms with Gasteiger partial charge in [-0.25, -0.2) is 9.78 Å². The van der Waals surface area contributed by atoms with Crippen molar-refractivity contribution in [3.8, 4) is 11.3 Å². The zero-order chi connectivity index (χ0) is 20.8. The minimum Gasteiger partial charge on any atom is -0.462 e. The molecule has 9 heteroatoms. The van der Waals surface area contributed by atoms with Crippen LogP contribution in [0.1, 0.15) is 22.2 Å². The van der Waals surface area contributed by atoms with Crippen LogP contribution >= 0.6 is 11.3 Å². The largest absolute Gasteiger partial charge is 0.462 e. The SMILES string of the molecule is CCOC(=O)c1sc(NC(=O)Cc2ccccc2[N+](=O)[O-])nc1-c1ccccc1. The third-order valence-electron chi connectivity index (χ3n) is 3.92. The fraction of sp³-hybridized carbons (Fsp3) is 0.150. The van der Waals surface area contributed by atoms with Gasteiger partial charge in [0.25, 0.3) is 5.69 Å². The first-order chi connectivity index (χ1) is 14.0. The monoisotopic (exact) mass is 411 g/mol. The Bertz CT molecular complexity index is 1050. The van der Waals surface area contributed by atoms with Crippen LogP contribution in [0, 0.1) is 10.1 Å². The van der Waals surface area contributed by atoms with Crippen LogP contribution in [0.3, 0.4) is 0 Å². The number of thiazole rings is 1. The zero-order valence-corrected chi connectivity index (χ0v) is 16.3. The van der Waals surface area contributed by atoms with E-state index in [-0.39, 0.29) is 28.7 Å². The van der Waals surface area contributed by atoms with Crippen molar-refractivity contribution >= 4 is 34.0 Å². The van der Waals surface area contributed by atoms with Crippen LogP contribution in [0.4, 0.5) is 10.8 Å². The number of para-hydroxylation sites is 1. The average Bonchev–Trinajstić information content (AvgIpc) is 3.13. The summed E-state index contributed by atoms with van der Waals surface area (Å²) in [6, 6.07) is 15.1. The summed E-state index contributed by atoms with van der Waals surface area (Å²) in [5.41, 5.74) is 1.29. The van der Waals surface area contributed by atoms with Crippen molar-refractivity contribution in [3.05, 3.63) is 75.2 Å². The lowest BCUT2D eigenvalue weighted by Gasteiger charge is -2.03. The van der Waals surface area contributed by atoms with Crippen LogP contribution in [0.5, 0.6) is 0 Å². The average molecular weight is 411 g/mol. The molecule has 0 radical (unpaired) electrons. The van der Waals surface area contributed by atoms with Gasteiger partial charge in [-0.2, -0.15) is 0 Å². The molecule has 0 aliphatic heterocycles. The molecule has 0 bridgehead atoms. The molecular weight excluding hydrogens is 394 g/mol. The second-order valence-corrected chi connectivity index (χ2v) is 6.89. The number of hydrogen-bond acceptors (Lipinski definition) is 7. The van der Waals surface area contributed by atoms with Gasteiger partial charge in [-0.05, 0) is 6.92 Å². The number of nitrogens with zero attached hydrogens (tertiary/aromatic N) is 2. The van der Waals surface area contributed by atoms with E-state index in [1.807, 2.05) is 18.2 Å². The number of benzene rings is 2.